The lowest BCUT2D eigenvalue weighted by Gasteiger charge is -2.34. The fourth-order valence-electron chi connectivity index (χ4n) is 4.06. The summed E-state index contributed by atoms with van der Waals surface area (Å²) >= 11 is 0. The Bertz CT molecular complexity index is 981. The van der Waals surface area contributed by atoms with Gasteiger partial charge < -0.3 is 14.7 Å². The molecule has 30 heavy (non-hydrogen) atoms. The number of amides is 1. The van der Waals surface area contributed by atoms with Crippen LogP contribution in [-0.4, -0.2) is 82.0 Å². The SMILES string of the molecule is CN(C(=O)n1c(=O)n(CCN2CCOCC2)c2ccccc21)[C@H](C(=O)O)C(C)(C)C. The number of rotatable bonds is 5. The zero-order chi connectivity index (χ0) is 22.1. The molecule has 0 radical (unpaired) electrons. The number of nitrogens with zero attached hydrogens (tertiary/aromatic N) is 4. The number of carbonyl (C=O) groups is 2. The number of hydrogen-bond donors (Lipinski definition) is 1. The van der Waals surface area contributed by atoms with Crippen LogP contribution in [0, 0.1) is 5.41 Å². The zero-order valence-corrected chi connectivity index (χ0v) is 18.0. The van der Waals surface area contributed by atoms with E-state index in [0.29, 0.717) is 37.3 Å². The molecule has 9 heteroatoms. The highest BCUT2D eigenvalue weighted by Crippen LogP contribution is 2.25. The van der Waals surface area contributed by atoms with E-state index in [4.69, 9.17) is 4.74 Å². The highest BCUT2D eigenvalue weighted by Gasteiger charge is 2.38. The Kier molecular flexibility index (Phi) is 6.33. The highest BCUT2D eigenvalue weighted by molar-refractivity contribution is 5.91. The predicted molar refractivity (Wildman–Crippen MR) is 113 cm³/mol. The number of carbonyl (C=O) groups excluding carboxylic acids is 1. The molecule has 1 saturated heterocycles. The lowest BCUT2D eigenvalue weighted by atomic mass is 9.86. The van der Waals surface area contributed by atoms with Crippen molar-refractivity contribution in [2.45, 2.75) is 33.4 Å². The zero-order valence-electron chi connectivity index (χ0n) is 18.0. The van der Waals surface area contributed by atoms with Gasteiger partial charge >= 0.3 is 17.7 Å². The third-order valence-electron chi connectivity index (χ3n) is 5.51. The molecule has 0 bridgehead atoms. The van der Waals surface area contributed by atoms with Gasteiger partial charge in [0, 0.05) is 33.2 Å². The van der Waals surface area contributed by atoms with Crippen molar-refractivity contribution in [3.63, 3.8) is 0 Å². The van der Waals surface area contributed by atoms with E-state index in [9.17, 15) is 19.5 Å². The van der Waals surface area contributed by atoms with Crippen molar-refractivity contribution >= 4 is 23.0 Å². The van der Waals surface area contributed by atoms with E-state index in [2.05, 4.69) is 4.90 Å². The molecule has 0 unspecified atom stereocenters. The summed E-state index contributed by atoms with van der Waals surface area (Å²) in [6.07, 6.45) is 0. The van der Waals surface area contributed by atoms with Crippen LogP contribution in [0.25, 0.3) is 11.0 Å². The summed E-state index contributed by atoms with van der Waals surface area (Å²) in [5.74, 6) is -1.11. The number of aliphatic carboxylic acids is 1. The first-order valence-electron chi connectivity index (χ1n) is 10.1. The van der Waals surface area contributed by atoms with Crippen LogP contribution in [0.5, 0.6) is 0 Å². The third kappa shape index (κ3) is 4.27. The van der Waals surface area contributed by atoms with Gasteiger partial charge in [-0.1, -0.05) is 32.9 Å². The molecular formula is C21H30N4O5. The van der Waals surface area contributed by atoms with Crippen molar-refractivity contribution in [1.82, 2.24) is 18.9 Å². The Labute approximate surface area is 175 Å². The van der Waals surface area contributed by atoms with Gasteiger partial charge in [0.2, 0.25) is 0 Å². The maximum atomic E-state index is 13.3. The largest absolute Gasteiger partial charge is 0.480 e. The molecule has 0 saturated carbocycles. The lowest BCUT2D eigenvalue weighted by Crippen LogP contribution is -2.52. The smallest absolute Gasteiger partial charge is 0.337 e. The minimum absolute atomic E-state index is 0.435. The second kappa shape index (κ2) is 8.61. The number of morpholine rings is 1. The van der Waals surface area contributed by atoms with Crippen molar-refractivity contribution in [2.24, 2.45) is 5.41 Å². The van der Waals surface area contributed by atoms with Crippen LogP contribution in [0.2, 0.25) is 0 Å². The fraction of sp³-hybridized carbons (Fsp3) is 0.571. The molecule has 1 aromatic carbocycles. The summed E-state index contributed by atoms with van der Waals surface area (Å²) in [6, 6.07) is 5.37. The number of imidazole rings is 1. The third-order valence-corrected chi connectivity index (χ3v) is 5.51. The van der Waals surface area contributed by atoms with Crippen LogP contribution in [0.15, 0.2) is 29.1 Å². The maximum Gasteiger partial charge on any atom is 0.337 e. The van der Waals surface area contributed by atoms with E-state index in [1.807, 2.05) is 6.07 Å². The topological polar surface area (TPSA) is 97.0 Å². The van der Waals surface area contributed by atoms with Gasteiger partial charge in [-0.25, -0.2) is 19.0 Å². The van der Waals surface area contributed by atoms with Gasteiger partial charge in [0.25, 0.3) is 0 Å². The molecule has 1 aromatic heterocycles. The molecule has 1 aliphatic rings. The van der Waals surface area contributed by atoms with E-state index in [1.165, 1.54) is 7.05 Å². The van der Waals surface area contributed by atoms with Crippen LogP contribution in [0.4, 0.5) is 4.79 Å². The van der Waals surface area contributed by atoms with Gasteiger partial charge in [0.05, 0.1) is 24.2 Å². The van der Waals surface area contributed by atoms with Crippen LogP contribution < -0.4 is 5.69 Å². The number of aromatic nitrogens is 2. The number of carboxylic acid groups (broad SMARTS) is 1. The van der Waals surface area contributed by atoms with Gasteiger partial charge in [-0.05, 0) is 17.5 Å². The number of hydrogen-bond acceptors (Lipinski definition) is 5. The van der Waals surface area contributed by atoms with E-state index < -0.39 is 29.1 Å². The molecule has 1 fully saturated rings. The molecule has 3 rings (SSSR count). The Morgan fingerprint density at radius 3 is 2.30 bits per heavy atom. The van der Waals surface area contributed by atoms with Gasteiger partial charge in [-0.15, -0.1) is 0 Å². The highest BCUT2D eigenvalue weighted by atomic mass is 16.5. The molecule has 0 aliphatic carbocycles. The summed E-state index contributed by atoms with van der Waals surface area (Å²) in [5.41, 5.74) is -0.0342. The van der Waals surface area contributed by atoms with Gasteiger partial charge in [0.15, 0.2) is 0 Å². The second-order valence-electron chi connectivity index (χ2n) is 8.71. The van der Waals surface area contributed by atoms with Crippen LogP contribution in [0.3, 0.4) is 0 Å². The monoisotopic (exact) mass is 418 g/mol. The first-order chi connectivity index (χ1) is 14.1. The van der Waals surface area contributed by atoms with Gasteiger partial charge in [0.1, 0.15) is 6.04 Å². The van der Waals surface area contributed by atoms with Crippen molar-refractivity contribution in [2.75, 3.05) is 39.9 Å². The minimum Gasteiger partial charge on any atom is -0.480 e. The van der Waals surface area contributed by atoms with E-state index >= 15 is 0 Å². The minimum atomic E-state index is -1.11. The fourth-order valence-corrected chi connectivity index (χ4v) is 4.06. The molecule has 9 nitrogen and oxygen atoms in total. The summed E-state index contributed by atoms with van der Waals surface area (Å²) in [5, 5.41) is 9.69. The summed E-state index contributed by atoms with van der Waals surface area (Å²) < 4.78 is 8.03. The average molecular weight is 418 g/mol. The second-order valence-corrected chi connectivity index (χ2v) is 8.71. The summed E-state index contributed by atoms with van der Waals surface area (Å²) in [6.45, 7) is 9.32. The van der Waals surface area contributed by atoms with E-state index in [-0.39, 0.29) is 0 Å². The lowest BCUT2D eigenvalue weighted by molar-refractivity contribution is -0.145. The quantitative estimate of drug-likeness (QED) is 0.791. The number of fused-ring (bicyclic) bond motifs is 1. The Morgan fingerprint density at radius 1 is 1.13 bits per heavy atom. The maximum absolute atomic E-state index is 13.3. The number of para-hydroxylation sites is 2. The summed E-state index contributed by atoms with van der Waals surface area (Å²) in [4.78, 5) is 41.7. The van der Waals surface area contributed by atoms with Crippen molar-refractivity contribution in [3.05, 3.63) is 34.7 Å². The van der Waals surface area contributed by atoms with Crippen molar-refractivity contribution in [1.29, 1.82) is 0 Å². The number of ether oxygens (including phenoxy) is 1. The van der Waals surface area contributed by atoms with Gasteiger partial charge in [-0.3, -0.25) is 9.47 Å². The first kappa shape index (κ1) is 22.0. The van der Waals surface area contributed by atoms with Crippen molar-refractivity contribution < 1.29 is 19.4 Å². The summed E-state index contributed by atoms with van der Waals surface area (Å²) in [7, 11) is 1.43. The Balaban J connectivity index is 1.97. The first-order valence-corrected chi connectivity index (χ1v) is 10.1. The molecule has 1 aliphatic heterocycles. The Morgan fingerprint density at radius 2 is 1.73 bits per heavy atom. The molecule has 164 valence electrons. The van der Waals surface area contributed by atoms with Gasteiger partial charge in [-0.2, -0.15) is 0 Å². The molecular weight excluding hydrogens is 388 g/mol. The normalized spacial score (nSPS) is 16.5. The average Bonchev–Trinajstić information content (AvgIpc) is 2.96. The Hall–Kier alpha value is -2.65. The van der Waals surface area contributed by atoms with Crippen LogP contribution in [-0.2, 0) is 16.1 Å². The number of carboxylic acids is 1. The van der Waals surface area contributed by atoms with Crippen LogP contribution >= 0.6 is 0 Å². The predicted octanol–water partition coefficient (Wildman–Crippen LogP) is 1.53. The molecule has 1 amide bonds. The van der Waals surface area contributed by atoms with Crippen molar-refractivity contribution in [3.8, 4) is 0 Å². The standard InChI is InChI=1S/C21H30N4O5/c1-21(2,3)17(18(26)27)22(4)19(28)25-16-8-6-5-7-15(16)24(20(25)29)10-9-23-11-13-30-14-12-23/h5-8,17H,9-14H2,1-4H3,(H,26,27)/t17-/m1/s1. The molecule has 2 aromatic rings. The number of likely N-dealkylation sites (N-methyl/N-ethyl adjacent to an activating group) is 1. The van der Waals surface area contributed by atoms with E-state index in [0.717, 1.165) is 22.6 Å². The molecule has 2 heterocycles. The number of benzene rings is 1. The molecule has 0 spiro atoms. The molecule has 1 N–H and O–H groups in total. The van der Waals surface area contributed by atoms with E-state index in [1.54, 1.807) is 43.5 Å². The van der Waals surface area contributed by atoms with Crippen LogP contribution in [0.1, 0.15) is 20.8 Å². The molecule has 1 atom stereocenters.